The van der Waals surface area contributed by atoms with Crippen molar-refractivity contribution in [2.45, 2.75) is 20.3 Å². The smallest absolute Gasteiger partial charge is 0.270 e. The van der Waals surface area contributed by atoms with Crippen LogP contribution in [0.25, 0.3) is 0 Å². The molecule has 0 atom stereocenters. The summed E-state index contributed by atoms with van der Waals surface area (Å²) in [5.74, 6) is -0.343. The van der Waals surface area contributed by atoms with Gasteiger partial charge >= 0.3 is 0 Å². The first-order valence-electron chi connectivity index (χ1n) is 6.10. The van der Waals surface area contributed by atoms with Gasteiger partial charge in [0.1, 0.15) is 0 Å². The molecule has 7 heteroatoms. The van der Waals surface area contributed by atoms with Crippen molar-refractivity contribution in [1.82, 2.24) is 5.32 Å². The Labute approximate surface area is 130 Å². The maximum absolute atomic E-state index is 12.1. The molecule has 110 valence electrons. The number of nitrogens with zero attached hydrogens (tertiary/aromatic N) is 1. The summed E-state index contributed by atoms with van der Waals surface area (Å²) in [5.41, 5.74) is -0.0407. The van der Waals surface area contributed by atoms with Gasteiger partial charge in [-0.05, 0) is 40.5 Å². The molecule has 0 saturated heterocycles. The number of nitro groups is 1. The van der Waals surface area contributed by atoms with Gasteiger partial charge in [-0.2, -0.15) is 0 Å². The topological polar surface area (TPSA) is 92.5 Å². The number of hydrogen-bond acceptors (Lipinski definition) is 4. The number of carbonyl (C=O) groups excluding carboxylic acids is 1. The lowest BCUT2D eigenvalue weighted by Gasteiger charge is -2.23. The number of halogens is 1. The van der Waals surface area contributed by atoms with E-state index < -0.39 is 4.92 Å². The summed E-state index contributed by atoms with van der Waals surface area (Å²) in [6.45, 7) is 4.31. The highest BCUT2D eigenvalue weighted by Crippen LogP contribution is 2.21. The molecule has 0 aliphatic carbocycles. The monoisotopic (exact) mass is 392 g/mol. The third-order valence-corrected chi connectivity index (χ3v) is 3.86. The molecule has 0 radical (unpaired) electrons. The van der Waals surface area contributed by atoms with Crippen LogP contribution >= 0.6 is 22.6 Å². The Morgan fingerprint density at radius 3 is 2.70 bits per heavy atom. The van der Waals surface area contributed by atoms with Crippen LogP contribution in [0.5, 0.6) is 0 Å². The molecule has 0 aliphatic rings. The van der Waals surface area contributed by atoms with Crippen LogP contribution in [0.2, 0.25) is 0 Å². The van der Waals surface area contributed by atoms with Crippen molar-refractivity contribution < 1.29 is 14.8 Å². The zero-order chi connectivity index (χ0) is 15.3. The molecule has 20 heavy (non-hydrogen) atoms. The number of non-ortho nitro benzene ring substituents is 1. The van der Waals surface area contributed by atoms with Crippen molar-refractivity contribution in [3.05, 3.63) is 37.4 Å². The number of amides is 1. The molecule has 1 aromatic carbocycles. The number of nitro benzene ring substituents is 1. The maximum Gasteiger partial charge on any atom is 0.270 e. The first-order chi connectivity index (χ1) is 9.26. The Bertz CT molecular complexity index is 517. The molecule has 0 aromatic heterocycles. The molecule has 0 aliphatic heterocycles. The van der Waals surface area contributed by atoms with Gasteiger partial charge in [0.15, 0.2) is 0 Å². The zero-order valence-corrected chi connectivity index (χ0v) is 13.5. The van der Waals surface area contributed by atoms with Gasteiger partial charge in [0.05, 0.1) is 10.5 Å². The van der Waals surface area contributed by atoms with Crippen molar-refractivity contribution in [1.29, 1.82) is 0 Å². The van der Waals surface area contributed by atoms with E-state index >= 15 is 0 Å². The Kier molecular flexibility index (Phi) is 5.88. The Morgan fingerprint density at radius 2 is 2.15 bits per heavy atom. The summed E-state index contributed by atoms with van der Waals surface area (Å²) in [4.78, 5) is 22.3. The lowest BCUT2D eigenvalue weighted by Crippen LogP contribution is -2.34. The highest BCUT2D eigenvalue weighted by Gasteiger charge is 2.20. The molecular formula is C13H17IN2O4. The molecule has 0 spiro atoms. The van der Waals surface area contributed by atoms with Gasteiger partial charge in [-0.15, -0.1) is 0 Å². The van der Waals surface area contributed by atoms with E-state index in [1.165, 1.54) is 12.1 Å². The average Bonchev–Trinajstić information content (AvgIpc) is 2.36. The maximum atomic E-state index is 12.1. The quantitative estimate of drug-likeness (QED) is 0.442. The number of carbonyl (C=O) groups is 1. The minimum absolute atomic E-state index is 0.0528. The Morgan fingerprint density at radius 1 is 1.50 bits per heavy atom. The number of rotatable bonds is 6. The number of aliphatic hydroxyl groups excluding tert-OH is 1. The third kappa shape index (κ3) is 4.71. The highest BCUT2D eigenvalue weighted by atomic mass is 127. The number of benzene rings is 1. The molecule has 1 amide bonds. The van der Waals surface area contributed by atoms with Crippen LogP contribution in [0.4, 0.5) is 5.69 Å². The minimum Gasteiger partial charge on any atom is -0.396 e. The van der Waals surface area contributed by atoms with Crippen molar-refractivity contribution in [2.24, 2.45) is 5.41 Å². The molecule has 0 bridgehead atoms. The number of nitrogens with one attached hydrogen (secondary N) is 1. The lowest BCUT2D eigenvalue weighted by atomic mass is 9.89. The fourth-order valence-corrected chi connectivity index (χ4v) is 2.19. The summed E-state index contributed by atoms with van der Waals surface area (Å²) < 4.78 is 0.658. The molecule has 0 fully saturated rings. The number of aliphatic hydroxyl groups is 1. The van der Waals surface area contributed by atoms with Gasteiger partial charge in [-0.25, -0.2) is 0 Å². The van der Waals surface area contributed by atoms with E-state index in [0.29, 0.717) is 22.1 Å². The normalized spacial score (nSPS) is 11.2. The Balaban J connectivity index is 2.82. The summed E-state index contributed by atoms with van der Waals surface area (Å²) in [6.07, 6.45) is 0.569. The van der Waals surface area contributed by atoms with Crippen LogP contribution in [-0.4, -0.2) is 29.1 Å². The van der Waals surface area contributed by atoms with Crippen molar-refractivity contribution >= 4 is 34.2 Å². The molecule has 0 saturated carbocycles. The van der Waals surface area contributed by atoms with E-state index in [1.807, 2.05) is 36.4 Å². The van der Waals surface area contributed by atoms with Crippen molar-refractivity contribution in [3.8, 4) is 0 Å². The molecular weight excluding hydrogens is 375 g/mol. The van der Waals surface area contributed by atoms with E-state index in [1.54, 1.807) is 6.07 Å². The van der Waals surface area contributed by atoms with Crippen LogP contribution in [-0.2, 0) is 0 Å². The van der Waals surface area contributed by atoms with Crippen LogP contribution in [0.3, 0.4) is 0 Å². The predicted octanol–water partition coefficient (Wildman–Crippen LogP) is 2.34. The van der Waals surface area contributed by atoms with Gasteiger partial charge in [0.2, 0.25) is 0 Å². The van der Waals surface area contributed by atoms with Gasteiger partial charge in [-0.1, -0.05) is 13.8 Å². The second kappa shape index (κ2) is 6.98. The molecule has 1 rings (SSSR count). The summed E-state index contributed by atoms with van der Waals surface area (Å²) in [5, 5.41) is 22.4. The summed E-state index contributed by atoms with van der Waals surface area (Å²) >= 11 is 1.97. The predicted molar refractivity (Wildman–Crippen MR) is 83.6 cm³/mol. The van der Waals surface area contributed by atoms with E-state index in [4.69, 9.17) is 5.11 Å². The summed E-state index contributed by atoms with van der Waals surface area (Å²) in [6, 6.07) is 4.19. The zero-order valence-electron chi connectivity index (χ0n) is 11.4. The molecule has 1 aromatic rings. The van der Waals surface area contributed by atoms with E-state index in [9.17, 15) is 14.9 Å². The van der Waals surface area contributed by atoms with Crippen LogP contribution in [0, 0.1) is 19.1 Å². The SMILES string of the molecule is CC(C)(CCO)CNC(=O)c1cc([N+](=O)[O-])ccc1I. The fraction of sp³-hybridized carbons (Fsp3) is 0.462. The average molecular weight is 392 g/mol. The second-order valence-electron chi connectivity index (χ2n) is 5.24. The van der Waals surface area contributed by atoms with Gasteiger partial charge < -0.3 is 10.4 Å². The molecule has 2 N–H and O–H groups in total. The largest absolute Gasteiger partial charge is 0.396 e. The first-order valence-corrected chi connectivity index (χ1v) is 7.18. The molecule has 0 unspecified atom stereocenters. The van der Waals surface area contributed by atoms with E-state index in [-0.39, 0.29) is 23.6 Å². The van der Waals surface area contributed by atoms with Crippen LogP contribution in [0.1, 0.15) is 30.6 Å². The number of hydrogen-bond donors (Lipinski definition) is 2. The van der Waals surface area contributed by atoms with E-state index in [0.717, 1.165) is 0 Å². The highest BCUT2D eigenvalue weighted by molar-refractivity contribution is 14.1. The van der Waals surface area contributed by atoms with Gasteiger partial charge in [0.25, 0.3) is 11.6 Å². The van der Waals surface area contributed by atoms with Crippen LogP contribution in [0.15, 0.2) is 18.2 Å². The van der Waals surface area contributed by atoms with Gasteiger partial charge in [0, 0.05) is 28.9 Å². The summed E-state index contributed by atoms with van der Waals surface area (Å²) in [7, 11) is 0. The minimum atomic E-state index is -0.525. The lowest BCUT2D eigenvalue weighted by molar-refractivity contribution is -0.384. The van der Waals surface area contributed by atoms with Gasteiger partial charge in [-0.3, -0.25) is 14.9 Å². The Hall–Kier alpha value is -1.22. The van der Waals surface area contributed by atoms with Crippen molar-refractivity contribution in [3.63, 3.8) is 0 Å². The fourth-order valence-electron chi connectivity index (χ4n) is 1.61. The molecule has 6 nitrogen and oxygen atoms in total. The van der Waals surface area contributed by atoms with E-state index in [2.05, 4.69) is 5.32 Å². The first kappa shape index (κ1) is 16.8. The third-order valence-electron chi connectivity index (χ3n) is 2.92. The van der Waals surface area contributed by atoms with Crippen molar-refractivity contribution in [2.75, 3.05) is 13.2 Å². The standard InChI is InChI=1S/C13H17IN2O4/c1-13(2,5-6-17)8-15-12(18)10-7-9(16(19)20)3-4-11(10)14/h3-4,7,17H,5-6,8H2,1-2H3,(H,15,18). The second-order valence-corrected chi connectivity index (χ2v) is 6.40. The molecule has 0 heterocycles. The van der Waals surface area contributed by atoms with Crippen LogP contribution < -0.4 is 5.32 Å².